The van der Waals surface area contributed by atoms with Crippen molar-refractivity contribution in [3.63, 3.8) is 0 Å². The van der Waals surface area contributed by atoms with E-state index in [2.05, 4.69) is 4.84 Å². The van der Waals surface area contributed by atoms with E-state index in [4.69, 9.17) is 10.1 Å². The zero-order valence-corrected chi connectivity index (χ0v) is 21.9. The van der Waals surface area contributed by atoms with Gasteiger partial charge in [0.25, 0.3) is 0 Å². The highest BCUT2D eigenvalue weighted by Gasteiger charge is 2.24. The first-order chi connectivity index (χ1) is 18.6. The largest absolute Gasteiger partial charge is 0.454 e. The van der Waals surface area contributed by atoms with Crippen molar-refractivity contribution in [2.45, 2.75) is 17.6 Å². The first-order valence-electron chi connectivity index (χ1n) is 11.3. The highest BCUT2D eigenvalue weighted by atomic mass is 32.2. The molecule has 0 spiro atoms. The second-order valence-corrected chi connectivity index (χ2v) is 11.3. The number of carbonyl (C=O) groups excluding carboxylic acids is 2. The summed E-state index contributed by atoms with van der Waals surface area (Å²) in [7, 11) is -3.98. The van der Waals surface area contributed by atoms with Crippen LogP contribution in [0.25, 0.3) is 10.9 Å². The number of fused-ring (bicyclic) bond motifs is 1. The lowest BCUT2D eigenvalue weighted by Gasteiger charge is -2.16. The third kappa shape index (κ3) is 6.62. The summed E-state index contributed by atoms with van der Waals surface area (Å²) in [6, 6.07) is 15.3. The Balaban J connectivity index is 1.79. The Bertz CT molecular complexity index is 1670. The number of ether oxygens (including phenoxy) is 1. The Hall–Kier alpha value is -4.23. The SMILES string of the molecule is CC(=O)ONC(=N)c1cc(Oc2c(F)cc3c(ccn3Sc3ccccc3)c2CS(=O)(=O)CC=O)ccc1F. The molecule has 0 aliphatic rings. The molecule has 2 N–H and O–H groups in total. The van der Waals surface area contributed by atoms with Gasteiger partial charge in [0, 0.05) is 35.0 Å². The minimum absolute atomic E-state index is 0.0294. The minimum Gasteiger partial charge on any atom is -0.454 e. The highest BCUT2D eigenvalue weighted by molar-refractivity contribution is 7.98. The summed E-state index contributed by atoms with van der Waals surface area (Å²) in [5, 5.41) is 8.29. The Morgan fingerprint density at radius 1 is 1.10 bits per heavy atom. The van der Waals surface area contributed by atoms with E-state index in [1.54, 1.807) is 16.2 Å². The van der Waals surface area contributed by atoms with Crippen molar-refractivity contribution in [3.05, 3.63) is 89.6 Å². The van der Waals surface area contributed by atoms with Gasteiger partial charge in [-0.1, -0.05) is 18.2 Å². The fourth-order valence-electron chi connectivity index (χ4n) is 3.64. The van der Waals surface area contributed by atoms with Crippen LogP contribution in [-0.2, 0) is 30.0 Å². The van der Waals surface area contributed by atoms with Crippen LogP contribution in [0.1, 0.15) is 18.1 Å². The number of aldehydes is 1. The van der Waals surface area contributed by atoms with Crippen LogP contribution in [0.2, 0.25) is 0 Å². The van der Waals surface area contributed by atoms with Gasteiger partial charge >= 0.3 is 5.97 Å². The van der Waals surface area contributed by atoms with Gasteiger partial charge in [-0.25, -0.2) is 22.7 Å². The molecule has 4 aromatic rings. The average molecular weight is 574 g/mol. The lowest BCUT2D eigenvalue weighted by molar-refractivity contribution is -0.145. The summed E-state index contributed by atoms with van der Waals surface area (Å²) in [6.07, 6.45) is 1.90. The van der Waals surface area contributed by atoms with E-state index in [9.17, 15) is 22.4 Å². The van der Waals surface area contributed by atoms with Crippen LogP contribution in [0.3, 0.4) is 0 Å². The molecular weight excluding hydrogens is 552 g/mol. The van der Waals surface area contributed by atoms with Gasteiger partial charge in [0.05, 0.1) is 16.8 Å². The van der Waals surface area contributed by atoms with Gasteiger partial charge in [0.1, 0.15) is 23.6 Å². The van der Waals surface area contributed by atoms with Gasteiger partial charge in [-0.05, 0) is 48.3 Å². The topological polar surface area (TPSA) is 128 Å². The fraction of sp³-hybridized carbons (Fsp3) is 0.115. The molecule has 0 fully saturated rings. The summed E-state index contributed by atoms with van der Waals surface area (Å²) < 4.78 is 62.6. The van der Waals surface area contributed by atoms with Crippen LogP contribution < -0.4 is 10.2 Å². The third-order valence-corrected chi connectivity index (χ3v) is 7.70. The van der Waals surface area contributed by atoms with Crippen molar-refractivity contribution in [2.24, 2.45) is 0 Å². The normalized spacial score (nSPS) is 11.3. The summed E-state index contributed by atoms with van der Waals surface area (Å²) in [6.45, 7) is 1.08. The molecular formula is C26H21F2N3O6S2. The van der Waals surface area contributed by atoms with Crippen LogP contribution in [0.4, 0.5) is 8.78 Å². The van der Waals surface area contributed by atoms with E-state index < -0.39 is 50.5 Å². The number of nitrogens with one attached hydrogen (secondary N) is 2. The Morgan fingerprint density at radius 2 is 1.85 bits per heavy atom. The first-order valence-corrected chi connectivity index (χ1v) is 13.9. The number of nitrogens with zero attached hydrogens (tertiary/aromatic N) is 1. The quantitative estimate of drug-likeness (QED) is 0.127. The van der Waals surface area contributed by atoms with Gasteiger partial charge in [-0.15, -0.1) is 0 Å². The zero-order valence-electron chi connectivity index (χ0n) is 20.3. The number of carbonyl (C=O) groups is 2. The molecule has 3 aromatic carbocycles. The summed E-state index contributed by atoms with van der Waals surface area (Å²) in [4.78, 5) is 27.3. The second-order valence-electron chi connectivity index (χ2n) is 8.18. The maximum Gasteiger partial charge on any atom is 0.329 e. The van der Waals surface area contributed by atoms with Gasteiger partial charge in [0.15, 0.2) is 27.2 Å². The minimum atomic E-state index is -3.98. The number of benzene rings is 3. The predicted molar refractivity (Wildman–Crippen MR) is 141 cm³/mol. The predicted octanol–water partition coefficient (Wildman–Crippen LogP) is 4.77. The van der Waals surface area contributed by atoms with Crippen LogP contribution in [-0.4, -0.2) is 36.2 Å². The molecule has 0 atom stereocenters. The molecule has 0 amide bonds. The molecule has 202 valence electrons. The monoisotopic (exact) mass is 573 g/mol. The van der Waals surface area contributed by atoms with Gasteiger partial charge in [0.2, 0.25) is 0 Å². The number of hydrogen-bond acceptors (Lipinski definition) is 8. The molecule has 1 heterocycles. The second kappa shape index (κ2) is 11.7. The number of rotatable bonds is 9. The van der Waals surface area contributed by atoms with Crippen LogP contribution in [0.5, 0.6) is 11.5 Å². The van der Waals surface area contributed by atoms with Gasteiger partial charge in [-0.2, -0.15) is 0 Å². The molecule has 0 aliphatic heterocycles. The maximum atomic E-state index is 15.6. The standard InChI is InChI=1S/C26H21F2N3O6S2/c1-16(33)37-30-26(29)20-13-17(7-8-22(20)27)36-25-21(15-39(34,35)12-11-32)19-9-10-31(24(19)14-23(25)28)38-18-5-3-2-4-6-18/h2-11,13-14H,12,15H2,1H3,(H2,29,30). The molecule has 0 unspecified atom stereocenters. The molecule has 4 rings (SSSR count). The molecule has 39 heavy (non-hydrogen) atoms. The van der Waals surface area contributed by atoms with Crippen molar-refractivity contribution in [2.75, 3.05) is 5.75 Å². The number of amidine groups is 1. The fourth-order valence-corrected chi connectivity index (χ4v) is 5.57. The van der Waals surface area contributed by atoms with Crippen LogP contribution in [0.15, 0.2) is 71.8 Å². The Kier molecular flexibility index (Phi) is 8.31. The molecule has 13 heteroatoms. The van der Waals surface area contributed by atoms with E-state index in [1.807, 2.05) is 35.8 Å². The maximum absolute atomic E-state index is 15.6. The summed E-state index contributed by atoms with van der Waals surface area (Å²) in [5.74, 6) is -5.15. The van der Waals surface area contributed by atoms with Crippen molar-refractivity contribution >= 4 is 50.8 Å². The Morgan fingerprint density at radius 3 is 2.54 bits per heavy atom. The number of hydrogen-bond donors (Lipinski definition) is 2. The Labute approximate surface area is 226 Å². The third-order valence-electron chi connectivity index (χ3n) is 5.33. The van der Waals surface area contributed by atoms with Crippen molar-refractivity contribution in [1.82, 2.24) is 9.45 Å². The molecule has 0 aliphatic carbocycles. The first kappa shape index (κ1) is 27.8. The van der Waals surface area contributed by atoms with Crippen molar-refractivity contribution < 1.29 is 36.4 Å². The van der Waals surface area contributed by atoms with Crippen LogP contribution in [0, 0.1) is 17.0 Å². The average Bonchev–Trinajstić information content (AvgIpc) is 3.28. The van der Waals surface area contributed by atoms with E-state index in [1.165, 1.54) is 24.1 Å². The van der Waals surface area contributed by atoms with Crippen molar-refractivity contribution in [3.8, 4) is 11.5 Å². The molecule has 9 nitrogen and oxygen atoms in total. The number of halogens is 2. The highest BCUT2D eigenvalue weighted by Crippen LogP contribution is 2.38. The van der Waals surface area contributed by atoms with Crippen LogP contribution >= 0.6 is 11.9 Å². The molecule has 1 aromatic heterocycles. The number of hydroxylamine groups is 1. The summed E-state index contributed by atoms with van der Waals surface area (Å²) >= 11 is 1.29. The van der Waals surface area contributed by atoms with Gasteiger partial charge in [-0.3, -0.25) is 14.2 Å². The zero-order chi connectivity index (χ0) is 28.2. The molecule has 0 bridgehead atoms. The smallest absolute Gasteiger partial charge is 0.329 e. The van der Waals surface area contributed by atoms with E-state index in [0.29, 0.717) is 10.9 Å². The molecule has 0 saturated carbocycles. The number of sulfone groups is 1. The number of aromatic nitrogens is 1. The van der Waals surface area contributed by atoms with E-state index in [0.717, 1.165) is 24.0 Å². The summed E-state index contributed by atoms with van der Waals surface area (Å²) in [5.41, 5.74) is 1.98. The van der Waals surface area contributed by atoms with E-state index in [-0.39, 0.29) is 23.2 Å². The molecule has 0 saturated heterocycles. The van der Waals surface area contributed by atoms with Crippen molar-refractivity contribution in [1.29, 1.82) is 5.41 Å². The van der Waals surface area contributed by atoms with E-state index >= 15 is 4.39 Å². The lowest BCUT2D eigenvalue weighted by Crippen LogP contribution is -2.26. The molecule has 0 radical (unpaired) electrons. The van der Waals surface area contributed by atoms with Gasteiger partial charge < -0.3 is 14.4 Å². The lowest BCUT2D eigenvalue weighted by atomic mass is 10.1.